The fraction of sp³-hybridized carbons (Fsp3) is 0.947. The van der Waals surface area contributed by atoms with Gasteiger partial charge >= 0.3 is 0 Å². The molecule has 76 heavy (non-hydrogen) atoms. The van der Waals surface area contributed by atoms with Gasteiger partial charge in [-0.25, -0.2) is 0 Å². The van der Waals surface area contributed by atoms with E-state index in [1.54, 1.807) is 0 Å². The number of ether oxygens (including phenoxy) is 6. The lowest BCUT2D eigenvalue weighted by atomic mass is 9.96. The zero-order valence-corrected chi connectivity index (χ0v) is 46.5. The summed E-state index contributed by atoms with van der Waals surface area (Å²) in [5.74, 6) is -0.253. The van der Waals surface area contributed by atoms with Gasteiger partial charge in [-0.3, -0.25) is 4.79 Å². The second-order valence-corrected chi connectivity index (χ2v) is 21.8. The van der Waals surface area contributed by atoms with E-state index in [2.05, 4.69) is 31.3 Å². The molecule has 12 N–H and O–H groups in total. The maximum atomic E-state index is 13.3. The summed E-state index contributed by atoms with van der Waals surface area (Å²) in [5.41, 5.74) is 0. The van der Waals surface area contributed by atoms with E-state index in [9.17, 15) is 61.0 Å². The van der Waals surface area contributed by atoms with E-state index in [1.165, 1.54) is 116 Å². The van der Waals surface area contributed by atoms with Crippen LogP contribution >= 0.6 is 0 Å². The first-order chi connectivity index (χ1) is 36.8. The van der Waals surface area contributed by atoms with Gasteiger partial charge in [0.2, 0.25) is 5.91 Å². The summed E-state index contributed by atoms with van der Waals surface area (Å²) in [4.78, 5) is 13.3. The summed E-state index contributed by atoms with van der Waals surface area (Å²) in [6, 6.07) is -0.886. The summed E-state index contributed by atoms with van der Waals surface area (Å²) in [7, 11) is 0. The highest BCUT2D eigenvalue weighted by molar-refractivity contribution is 5.76. The number of nitrogens with one attached hydrogen (secondary N) is 1. The molecule has 0 saturated carbocycles. The Labute approximate surface area is 455 Å². The number of rotatable bonds is 44. The standard InChI is InChI=1S/C57H107NO18/c1-3-5-7-9-11-13-15-16-17-18-19-20-21-22-23-25-26-28-30-32-34-41(62)40(58-45(63)35-33-31-29-27-24-14-12-10-8-6-4-2)39-71-55-51(69)48(66)53(43(37-60)73-55)76-57-52(70)49(67)54(44(38-61)74-57)75-56-50(68)47(65)46(64)42(36-59)72-56/h10,12,40-44,46-57,59-62,64-70H,3-9,11,13-39H2,1-2H3,(H,58,63)/b12-10-. The molecule has 17 unspecified atom stereocenters. The summed E-state index contributed by atoms with van der Waals surface area (Å²) >= 11 is 0. The van der Waals surface area contributed by atoms with Crippen LogP contribution in [0.25, 0.3) is 0 Å². The number of allylic oxidation sites excluding steroid dienone is 2. The van der Waals surface area contributed by atoms with Crippen LogP contribution in [0, 0.1) is 0 Å². The predicted molar refractivity (Wildman–Crippen MR) is 287 cm³/mol. The van der Waals surface area contributed by atoms with Crippen LogP contribution in [0.5, 0.6) is 0 Å². The average molecular weight is 1090 g/mol. The number of hydrogen-bond acceptors (Lipinski definition) is 18. The van der Waals surface area contributed by atoms with Crippen molar-refractivity contribution in [2.45, 2.75) is 317 Å². The van der Waals surface area contributed by atoms with Gasteiger partial charge in [0.05, 0.1) is 38.6 Å². The lowest BCUT2D eigenvalue weighted by Crippen LogP contribution is -2.66. The van der Waals surface area contributed by atoms with Crippen molar-refractivity contribution in [2.75, 3.05) is 26.4 Å². The molecule has 3 saturated heterocycles. The molecule has 0 aromatic heterocycles. The first-order valence-corrected chi connectivity index (χ1v) is 29.9. The number of carbonyl (C=O) groups excluding carboxylic acids is 1. The highest BCUT2D eigenvalue weighted by Gasteiger charge is 2.53. The molecule has 3 heterocycles. The largest absolute Gasteiger partial charge is 0.394 e. The van der Waals surface area contributed by atoms with Gasteiger partial charge in [0.25, 0.3) is 0 Å². The topological polar surface area (TPSA) is 307 Å². The molecule has 3 fully saturated rings. The van der Waals surface area contributed by atoms with Crippen LogP contribution in [0.1, 0.15) is 213 Å². The van der Waals surface area contributed by atoms with Crippen molar-refractivity contribution in [3.05, 3.63) is 12.2 Å². The Bertz CT molecular complexity index is 1450. The van der Waals surface area contributed by atoms with Crippen LogP contribution in [-0.2, 0) is 33.2 Å². The third-order valence-corrected chi connectivity index (χ3v) is 15.3. The first kappa shape index (κ1) is 68.8. The lowest BCUT2D eigenvalue weighted by Gasteiger charge is -2.48. The zero-order chi connectivity index (χ0) is 55.5. The highest BCUT2D eigenvalue weighted by Crippen LogP contribution is 2.33. The van der Waals surface area contributed by atoms with E-state index in [0.29, 0.717) is 12.8 Å². The van der Waals surface area contributed by atoms with Crippen molar-refractivity contribution in [1.82, 2.24) is 5.32 Å². The number of unbranched alkanes of at least 4 members (excludes halogenated alkanes) is 26. The van der Waals surface area contributed by atoms with Crippen molar-refractivity contribution in [3.63, 3.8) is 0 Å². The van der Waals surface area contributed by atoms with Crippen LogP contribution in [-0.4, -0.2) is 193 Å². The summed E-state index contributed by atoms with van der Waals surface area (Å²) in [6.07, 6.45) is 13.1. The molecule has 19 heteroatoms. The molecule has 19 nitrogen and oxygen atoms in total. The molecule has 17 atom stereocenters. The molecule has 0 aromatic rings. The van der Waals surface area contributed by atoms with E-state index >= 15 is 0 Å². The Morgan fingerprint density at radius 1 is 0.461 bits per heavy atom. The Hall–Kier alpha value is -1.47. The second-order valence-electron chi connectivity index (χ2n) is 21.8. The monoisotopic (exact) mass is 1090 g/mol. The minimum Gasteiger partial charge on any atom is -0.394 e. The van der Waals surface area contributed by atoms with Gasteiger partial charge < -0.3 is 89.9 Å². The number of aliphatic hydroxyl groups is 11. The maximum Gasteiger partial charge on any atom is 0.220 e. The first-order valence-electron chi connectivity index (χ1n) is 29.9. The molecule has 0 bridgehead atoms. The van der Waals surface area contributed by atoms with Crippen LogP contribution in [0.15, 0.2) is 12.2 Å². The number of aliphatic hydroxyl groups excluding tert-OH is 11. The molecule has 448 valence electrons. The van der Waals surface area contributed by atoms with Crippen molar-refractivity contribution < 1.29 is 89.4 Å². The summed E-state index contributed by atoms with van der Waals surface area (Å²) in [6.45, 7) is 1.74. The van der Waals surface area contributed by atoms with E-state index in [1.807, 2.05) is 0 Å². The molecule has 0 aromatic carbocycles. The van der Waals surface area contributed by atoms with E-state index in [-0.39, 0.29) is 18.9 Å². The van der Waals surface area contributed by atoms with Crippen LogP contribution in [0.3, 0.4) is 0 Å². The van der Waals surface area contributed by atoms with Crippen LogP contribution in [0.2, 0.25) is 0 Å². The van der Waals surface area contributed by atoms with Gasteiger partial charge in [0.1, 0.15) is 73.2 Å². The highest BCUT2D eigenvalue weighted by atomic mass is 16.8. The van der Waals surface area contributed by atoms with E-state index < -0.39 is 124 Å². The molecular weight excluding hydrogens is 987 g/mol. The third-order valence-electron chi connectivity index (χ3n) is 15.3. The lowest BCUT2D eigenvalue weighted by molar-refractivity contribution is -0.379. The van der Waals surface area contributed by atoms with Gasteiger partial charge in [-0.1, -0.05) is 187 Å². The molecule has 3 aliphatic heterocycles. The van der Waals surface area contributed by atoms with Crippen LogP contribution in [0.4, 0.5) is 0 Å². The normalized spacial score (nSPS) is 31.0. The predicted octanol–water partition coefficient (Wildman–Crippen LogP) is 4.99. The van der Waals surface area contributed by atoms with Crippen molar-refractivity contribution >= 4 is 5.91 Å². The Kier molecular flexibility index (Phi) is 37.6. The molecule has 0 spiro atoms. The molecule has 0 aliphatic carbocycles. The smallest absolute Gasteiger partial charge is 0.220 e. The second kappa shape index (κ2) is 41.5. The molecule has 1 amide bonds. The quantitative estimate of drug-likeness (QED) is 0.0283. The summed E-state index contributed by atoms with van der Waals surface area (Å²) < 4.78 is 34.3. The minimum absolute atomic E-state index is 0.253. The van der Waals surface area contributed by atoms with Crippen LogP contribution < -0.4 is 5.32 Å². The summed E-state index contributed by atoms with van der Waals surface area (Å²) in [5, 5.41) is 120. The maximum absolute atomic E-state index is 13.3. The van der Waals surface area contributed by atoms with Gasteiger partial charge in [-0.2, -0.15) is 0 Å². The number of carbonyl (C=O) groups is 1. The van der Waals surface area contributed by atoms with Gasteiger partial charge in [-0.05, 0) is 32.1 Å². The Balaban J connectivity index is 1.48. The molecule has 3 aliphatic rings. The van der Waals surface area contributed by atoms with Crippen molar-refractivity contribution in [2.24, 2.45) is 0 Å². The van der Waals surface area contributed by atoms with Crippen molar-refractivity contribution in [1.29, 1.82) is 0 Å². The molecule has 0 radical (unpaired) electrons. The van der Waals surface area contributed by atoms with Gasteiger partial charge in [0, 0.05) is 6.42 Å². The van der Waals surface area contributed by atoms with Crippen molar-refractivity contribution in [3.8, 4) is 0 Å². The Morgan fingerprint density at radius 2 is 0.842 bits per heavy atom. The average Bonchev–Trinajstić information content (AvgIpc) is 3.41. The number of hydrogen-bond donors (Lipinski definition) is 12. The Morgan fingerprint density at radius 3 is 1.32 bits per heavy atom. The third kappa shape index (κ3) is 25.5. The number of amides is 1. The zero-order valence-electron chi connectivity index (χ0n) is 46.5. The van der Waals surface area contributed by atoms with E-state index in [0.717, 1.165) is 64.2 Å². The fourth-order valence-corrected chi connectivity index (χ4v) is 10.4. The van der Waals surface area contributed by atoms with Gasteiger partial charge in [-0.15, -0.1) is 0 Å². The fourth-order valence-electron chi connectivity index (χ4n) is 10.4. The van der Waals surface area contributed by atoms with Gasteiger partial charge in [0.15, 0.2) is 18.9 Å². The van der Waals surface area contributed by atoms with E-state index in [4.69, 9.17) is 28.4 Å². The molecular formula is C57H107NO18. The SMILES string of the molecule is CCCC/C=C\CCCCCCCC(=O)NC(COC1OC(CO)C(OC2OC(CO)C(OC3OC(CO)C(O)C(O)C3O)C(O)C2O)C(O)C1O)C(O)CCCCCCCCCCCCCCCCCCCCCC. The molecule has 3 rings (SSSR count). The minimum atomic E-state index is -1.97.